The number of carbonyl (C=O) groups excluding carboxylic acids is 1. The van der Waals surface area contributed by atoms with Crippen molar-refractivity contribution in [3.05, 3.63) is 41.2 Å². The summed E-state index contributed by atoms with van der Waals surface area (Å²) < 4.78 is 5.89. The molecular formula is C15H16N8O3. The van der Waals surface area contributed by atoms with Gasteiger partial charge in [0.25, 0.3) is 5.91 Å². The monoisotopic (exact) mass is 356 g/mol. The number of rotatable bonds is 6. The number of aromatic hydroxyl groups is 1. The maximum absolute atomic E-state index is 12.4. The molecule has 0 saturated carbocycles. The van der Waals surface area contributed by atoms with Crippen LogP contribution in [-0.2, 0) is 6.42 Å². The van der Waals surface area contributed by atoms with Gasteiger partial charge >= 0.3 is 0 Å². The quantitative estimate of drug-likeness (QED) is 0.429. The van der Waals surface area contributed by atoms with Crippen LogP contribution in [-0.4, -0.2) is 42.5 Å². The topological polar surface area (TPSA) is 157 Å². The minimum absolute atomic E-state index is 0.0427. The molecule has 3 rings (SSSR count). The molecular weight excluding hydrogens is 340 g/mol. The predicted octanol–water partition coefficient (Wildman–Crippen LogP) is 0.654. The summed E-state index contributed by atoms with van der Waals surface area (Å²) in [4.78, 5) is 12.4. The van der Waals surface area contributed by atoms with Gasteiger partial charge < -0.3 is 10.8 Å². The number of nitrogen functional groups attached to an aromatic ring is 1. The summed E-state index contributed by atoms with van der Waals surface area (Å²) in [7, 11) is 0. The van der Waals surface area contributed by atoms with E-state index in [0.29, 0.717) is 17.7 Å². The van der Waals surface area contributed by atoms with Crippen molar-refractivity contribution in [3.63, 3.8) is 0 Å². The van der Waals surface area contributed by atoms with Gasteiger partial charge in [-0.3, -0.25) is 4.79 Å². The number of aromatic nitrogens is 5. The van der Waals surface area contributed by atoms with Crippen LogP contribution < -0.4 is 11.2 Å². The third kappa shape index (κ3) is 3.50. The number of hydrogen-bond acceptors (Lipinski definition) is 9. The molecule has 134 valence electrons. The minimum Gasteiger partial charge on any atom is -0.508 e. The SMILES string of the molecule is CCCc1c(C(=O)N/N=C\c2cccc(O)c2)nnn1-c1nonc1N. The summed E-state index contributed by atoms with van der Waals surface area (Å²) in [5.41, 5.74) is 9.30. The Morgan fingerprint density at radius 2 is 2.31 bits per heavy atom. The molecule has 0 fully saturated rings. The van der Waals surface area contributed by atoms with Crippen molar-refractivity contribution >= 4 is 17.9 Å². The van der Waals surface area contributed by atoms with Crippen LogP contribution in [0.25, 0.3) is 5.82 Å². The van der Waals surface area contributed by atoms with Crippen LogP contribution >= 0.6 is 0 Å². The molecule has 26 heavy (non-hydrogen) atoms. The van der Waals surface area contributed by atoms with Gasteiger partial charge in [0.15, 0.2) is 5.69 Å². The fourth-order valence-corrected chi connectivity index (χ4v) is 2.27. The fourth-order valence-electron chi connectivity index (χ4n) is 2.27. The van der Waals surface area contributed by atoms with Crippen LogP contribution in [0.2, 0.25) is 0 Å². The standard InChI is InChI=1S/C15H16N8O3/c1-2-4-11-12(18-22-23(11)14-13(16)20-26-21-14)15(25)19-17-8-9-5-3-6-10(24)7-9/h3,5-8,24H,2,4H2,1H3,(H2,16,20)(H,19,25)/b17-8-. The van der Waals surface area contributed by atoms with E-state index < -0.39 is 5.91 Å². The van der Waals surface area contributed by atoms with Gasteiger partial charge in [0, 0.05) is 0 Å². The summed E-state index contributed by atoms with van der Waals surface area (Å²) in [6.45, 7) is 1.95. The van der Waals surface area contributed by atoms with Crippen LogP contribution in [0.5, 0.6) is 5.75 Å². The number of hydrogen-bond donors (Lipinski definition) is 3. The Hall–Kier alpha value is -3.76. The highest BCUT2D eigenvalue weighted by Crippen LogP contribution is 2.17. The van der Waals surface area contributed by atoms with E-state index in [1.54, 1.807) is 12.1 Å². The van der Waals surface area contributed by atoms with E-state index in [0.717, 1.165) is 6.42 Å². The van der Waals surface area contributed by atoms with Gasteiger partial charge in [-0.2, -0.15) is 9.78 Å². The van der Waals surface area contributed by atoms with E-state index in [2.05, 4.69) is 35.8 Å². The average molecular weight is 356 g/mol. The van der Waals surface area contributed by atoms with Crippen LogP contribution in [0.1, 0.15) is 35.1 Å². The number of phenols is 1. The first-order valence-electron chi connectivity index (χ1n) is 7.75. The van der Waals surface area contributed by atoms with E-state index in [4.69, 9.17) is 5.73 Å². The number of carbonyl (C=O) groups is 1. The first-order chi connectivity index (χ1) is 12.6. The summed E-state index contributed by atoms with van der Waals surface area (Å²) in [6.07, 6.45) is 2.66. The first-order valence-corrected chi connectivity index (χ1v) is 7.75. The molecule has 0 spiro atoms. The molecule has 1 amide bonds. The lowest BCUT2D eigenvalue weighted by Crippen LogP contribution is -2.20. The summed E-state index contributed by atoms with van der Waals surface area (Å²) in [5.74, 6) is -0.220. The molecule has 0 aliphatic carbocycles. The third-order valence-corrected chi connectivity index (χ3v) is 3.41. The molecule has 11 heteroatoms. The molecule has 0 atom stereocenters. The molecule has 1 aromatic carbocycles. The van der Waals surface area contributed by atoms with Gasteiger partial charge in [-0.15, -0.1) is 5.10 Å². The highest BCUT2D eigenvalue weighted by molar-refractivity contribution is 5.94. The fraction of sp³-hybridized carbons (Fsp3) is 0.200. The zero-order valence-corrected chi connectivity index (χ0v) is 13.8. The van der Waals surface area contributed by atoms with Gasteiger partial charge in [0.2, 0.25) is 11.6 Å². The van der Waals surface area contributed by atoms with Gasteiger partial charge in [0.05, 0.1) is 11.9 Å². The number of hydrazone groups is 1. The number of benzene rings is 1. The lowest BCUT2D eigenvalue weighted by Gasteiger charge is -2.03. The number of nitrogens with zero attached hydrogens (tertiary/aromatic N) is 6. The number of phenolic OH excluding ortho intramolecular Hbond substituents is 1. The van der Waals surface area contributed by atoms with Crippen molar-refractivity contribution in [1.82, 2.24) is 30.7 Å². The Bertz CT molecular complexity index is 946. The van der Waals surface area contributed by atoms with Crippen LogP contribution in [0.3, 0.4) is 0 Å². The summed E-state index contributed by atoms with van der Waals surface area (Å²) in [6, 6.07) is 6.44. The molecule has 0 aliphatic rings. The van der Waals surface area contributed by atoms with Crippen molar-refractivity contribution in [2.75, 3.05) is 5.73 Å². The second-order valence-corrected chi connectivity index (χ2v) is 5.31. The first kappa shape index (κ1) is 17.1. The molecule has 2 aromatic heterocycles. The van der Waals surface area contributed by atoms with Gasteiger partial charge in [-0.25, -0.2) is 10.1 Å². The summed E-state index contributed by atoms with van der Waals surface area (Å²) in [5, 5.41) is 28.3. The van der Waals surface area contributed by atoms with E-state index >= 15 is 0 Å². The number of anilines is 1. The van der Waals surface area contributed by atoms with E-state index in [-0.39, 0.29) is 23.1 Å². The van der Waals surface area contributed by atoms with Crippen molar-refractivity contribution < 1.29 is 14.5 Å². The van der Waals surface area contributed by atoms with E-state index in [9.17, 15) is 9.90 Å². The maximum Gasteiger partial charge on any atom is 0.293 e. The lowest BCUT2D eigenvalue weighted by molar-refractivity contribution is 0.0949. The molecule has 3 aromatic rings. The molecule has 0 unspecified atom stereocenters. The van der Waals surface area contributed by atoms with E-state index in [1.807, 2.05) is 6.92 Å². The number of amides is 1. The summed E-state index contributed by atoms with van der Waals surface area (Å²) >= 11 is 0. The van der Waals surface area contributed by atoms with Crippen molar-refractivity contribution in [3.8, 4) is 11.6 Å². The van der Waals surface area contributed by atoms with E-state index in [1.165, 1.54) is 23.0 Å². The molecule has 4 N–H and O–H groups in total. The third-order valence-electron chi connectivity index (χ3n) is 3.41. The van der Waals surface area contributed by atoms with Crippen molar-refractivity contribution in [2.45, 2.75) is 19.8 Å². The predicted molar refractivity (Wildman–Crippen MR) is 90.8 cm³/mol. The van der Waals surface area contributed by atoms with Crippen LogP contribution in [0, 0.1) is 0 Å². The highest BCUT2D eigenvalue weighted by atomic mass is 16.6. The second kappa shape index (κ2) is 7.42. The Morgan fingerprint density at radius 1 is 1.46 bits per heavy atom. The lowest BCUT2D eigenvalue weighted by atomic mass is 10.2. The van der Waals surface area contributed by atoms with Crippen LogP contribution in [0.15, 0.2) is 34.0 Å². The average Bonchev–Trinajstić information content (AvgIpc) is 3.21. The molecule has 11 nitrogen and oxygen atoms in total. The van der Waals surface area contributed by atoms with Crippen LogP contribution in [0.4, 0.5) is 5.82 Å². The molecule has 2 heterocycles. The zero-order valence-electron chi connectivity index (χ0n) is 13.8. The molecule has 0 bridgehead atoms. The Balaban J connectivity index is 1.81. The number of nitrogens with two attached hydrogens (primary N) is 1. The highest BCUT2D eigenvalue weighted by Gasteiger charge is 2.23. The van der Waals surface area contributed by atoms with Crippen molar-refractivity contribution in [2.24, 2.45) is 5.10 Å². The Morgan fingerprint density at radius 3 is 3.00 bits per heavy atom. The van der Waals surface area contributed by atoms with Gasteiger partial charge in [-0.1, -0.05) is 30.7 Å². The number of nitrogens with one attached hydrogen (secondary N) is 1. The molecule has 0 saturated heterocycles. The zero-order chi connectivity index (χ0) is 18.5. The van der Waals surface area contributed by atoms with Gasteiger partial charge in [0.1, 0.15) is 5.75 Å². The van der Waals surface area contributed by atoms with Gasteiger partial charge in [-0.05, 0) is 34.4 Å². The Kier molecular flexibility index (Phi) is 4.87. The largest absolute Gasteiger partial charge is 0.508 e. The molecule has 0 radical (unpaired) electrons. The Labute approximate surface area is 147 Å². The minimum atomic E-state index is -0.536. The molecule has 0 aliphatic heterocycles. The maximum atomic E-state index is 12.4. The normalized spacial score (nSPS) is 11.1. The smallest absolute Gasteiger partial charge is 0.293 e. The van der Waals surface area contributed by atoms with Crippen molar-refractivity contribution in [1.29, 1.82) is 0 Å². The second-order valence-electron chi connectivity index (χ2n) is 5.31.